The summed E-state index contributed by atoms with van der Waals surface area (Å²) in [6.07, 6.45) is 9.56. The first-order chi connectivity index (χ1) is 15.1. The first kappa shape index (κ1) is 28.3. The lowest BCUT2D eigenvalue weighted by atomic mass is 9.98. The van der Waals surface area contributed by atoms with Crippen LogP contribution in [0.15, 0.2) is 17.1 Å². The Bertz CT molecular complexity index is 727. The lowest BCUT2D eigenvalue weighted by Gasteiger charge is -2.29. The number of carbonyl (C=O) groups is 1. The highest BCUT2D eigenvalue weighted by atomic mass is 127. The van der Waals surface area contributed by atoms with Crippen molar-refractivity contribution in [3.05, 3.63) is 23.3 Å². The fraction of sp³-hybridized carbons (Fsp3) is 0.667. The van der Waals surface area contributed by atoms with Gasteiger partial charge in [-0.1, -0.05) is 39.0 Å². The molecular formula is C24H41IN4O3. The van der Waals surface area contributed by atoms with Gasteiger partial charge in [0.25, 0.3) is 0 Å². The number of rotatable bonds is 13. The number of hydrogen-bond acceptors (Lipinski definition) is 4. The maximum absolute atomic E-state index is 12.6. The molecule has 0 bridgehead atoms. The molecule has 0 radical (unpaired) electrons. The zero-order chi connectivity index (χ0) is 22.5. The number of guanidine groups is 1. The van der Waals surface area contributed by atoms with E-state index in [1.54, 1.807) is 14.2 Å². The quantitative estimate of drug-likeness (QED) is 0.163. The maximum atomic E-state index is 12.6. The standard InChI is InChI=1S/C24H40N4O3.HI/c1-4-5-6-7-8-9-13-26-24(25)27-14-10-11-23(29)28-15-12-19-16-21(30-2)22(31-3)17-20(19)18-28;/h16-17H,4-15,18H2,1-3H3,(H3,25,26,27);1H. The van der Waals surface area contributed by atoms with E-state index in [4.69, 9.17) is 15.2 Å². The molecule has 0 spiro atoms. The maximum Gasteiger partial charge on any atom is 0.222 e. The smallest absolute Gasteiger partial charge is 0.222 e. The molecule has 0 saturated heterocycles. The van der Waals surface area contributed by atoms with E-state index in [2.05, 4.69) is 17.2 Å². The highest BCUT2D eigenvalue weighted by molar-refractivity contribution is 14.0. The van der Waals surface area contributed by atoms with Gasteiger partial charge in [-0.2, -0.15) is 0 Å². The van der Waals surface area contributed by atoms with Crippen LogP contribution < -0.4 is 20.5 Å². The number of nitrogens with two attached hydrogens (primary N) is 1. The van der Waals surface area contributed by atoms with Crippen LogP contribution in [0.1, 0.15) is 69.4 Å². The number of fused-ring (bicyclic) bond motifs is 1. The van der Waals surface area contributed by atoms with E-state index >= 15 is 0 Å². The molecule has 7 nitrogen and oxygen atoms in total. The second-order valence-corrected chi connectivity index (χ2v) is 8.11. The van der Waals surface area contributed by atoms with E-state index in [9.17, 15) is 4.79 Å². The summed E-state index contributed by atoms with van der Waals surface area (Å²) in [4.78, 5) is 18.9. The van der Waals surface area contributed by atoms with Crippen LogP contribution >= 0.6 is 24.0 Å². The topological polar surface area (TPSA) is 89.2 Å². The number of methoxy groups -OCH3 is 2. The number of hydrogen-bond donors (Lipinski definition) is 2. The highest BCUT2D eigenvalue weighted by Gasteiger charge is 2.22. The summed E-state index contributed by atoms with van der Waals surface area (Å²) in [7, 11) is 3.27. The van der Waals surface area contributed by atoms with Gasteiger partial charge >= 0.3 is 0 Å². The van der Waals surface area contributed by atoms with Crippen molar-refractivity contribution >= 4 is 35.8 Å². The molecule has 0 aliphatic carbocycles. The summed E-state index contributed by atoms with van der Waals surface area (Å²) < 4.78 is 10.8. The summed E-state index contributed by atoms with van der Waals surface area (Å²) in [6.45, 7) is 5.00. The zero-order valence-corrected chi connectivity index (χ0v) is 22.3. The Morgan fingerprint density at radius 2 is 1.72 bits per heavy atom. The monoisotopic (exact) mass is 560 g/mol. The molecule has 2 rings (SSSR count). The Hall–Kier alpha value is -1.71. The average molecular weight is 561 g/mol. The molecular weight excluding hydrogens is 519 g/mol. The Balaban J connectivity index is 0.00000512. The Morgan fingerprint density at radius 1 is 1.06 bits per heavy atom. The number of halogens is 1. The van der Waals surface area contributed by atoms with Crippen LogP contribution in [0.3, 0.4) is 0 Å². The molecule has 0 atom stereocenters. The number of amides is 1. The molecule has 0 saturated carbocycles. The molecule has 1 aromatic rings. The van der Waals surface area contributed by atoms with Crippen molar-refractivity contribution < 1.29 is 14.3 Å². The third kappa shape index (κ3) is 9.42. The SMILES string of the molecule is CCCCCCCCNC(N)=NCCCC(=O)N1CCc2cc(OC)c(OC)cc2C1.I. The first-order valence-corrected chi connectivity index (χ1v) is 11.6. The summed E-state index contributed by atoms with van der Waals surface area (Å²) in [5.74, 6) is 2.08. The van der Waals surface area contributed by atoms with Crippen LogP contribution in [-0.2, 0) is 17.8 Å². The minimum Gasteiger partial charge on any atom is -0.493 e. The third-order valence-corrected chi connectivity index (χ3v) is 5.74. The Labute approximate surface area is 210 Å². The molecule has 1 heterocycles. The van der Waals surface area contributed by atoms with E-state index in [0.717, 1.165) is 37.2 Å². The number of aliphatic imine (C=N–C) groups is 1. The van der Waals surface area contributed by atoms with Crippen molar-refractivity contribution in [3.63, 3.8) is 0 Å². The number of benzene rings is 1. The molecule has 182 valence electrons. The lowest BCUT2D eigenvalue weighted by molar-refractivity contribution is -0.132. The van der Waals surface area contributed by atoms with E-state index in [1.807, 2.05) is 17.0 Å². The predicted molar refractivity (Wildman–Crippen MR) is 141 cm³/mol. The van der Waals surface area contributed by atoms with Crippen LogP contribution in [0, 0.1) is 0 Å². The van der Waals surface area contributed by atoms with Gasteiger partial charge in [-0.15, -0.1) is 24.0 Å². The van der Waals surface area contributed by atoms with Crippen molar-refractivity contribution in [2.75, 3.05) is 33.9 Å². The van der Waals surface area contributed by atoms with Gasteiger partial charge in [0, 0.05) is 32.6 Å². The van der Waals surface area contributed by atoms with Gasteiger partial charge in [0.2, 0.25) is 5.91 Å². The van der Waals surface area contributed by atoms with Crippen LogP contribution in [-0.4, -0.2) is 50.6 Å². The summed E-state index contributed by atoms with van der Waals surface area (Å²) in [6, 6.07) is 4.00. The van der Waals surface area contributed by atoms with Gasteiger partial charge in [-0.05, 0) is 42.5 Å². The van der Waals surface area contributed by atoms with Crippen LogP contribution in [0.4, 0.5) is 0 Å². The van der Waals surface area contributed by atoms with Gasteiger partial charge in [-0.3, -0.25) is 9.79 Å². The van der Waals surface area contributed by atoms with Crippen molar-refractivity contribution in [1.82, 2.24) is 10.2 Å². The average Bonchev–Trinajstić information content (AvgIpc) is 2.79. The number of carbonyl (C=O) groups excluding carboxylic acids is 1. The minimum absolute atomic E-state index is 0. The molecule has 1 amide bonds. The van der Waals surface area contributed by atoms with Crippen LogP contribution in [0.25, 0.3) is 0 Å². The van der Waals surface area contributed by atoms with E-state index < -0.39 is 0 Å². The van der Waals surface area contributed by atoms with Crippen LogP contribution in [0.5, 0.6) is 11.5 Å². The summed E-state index contributed by atoms with van der Waals surface area (Å²) in [5.41, 5.74) is 8.26. The second-order valence-electron chi connectivity index (χ2n) is 8.11. The first-order valence-electron chi connectivity index (χ1n) is 11.6. The normalized spacial score (nSPS) is 13.2. The Kier molecular flexibility index (Phi) is 14.2. The largest absolute Gasteiger partial charge is 0.493 e. The zero-order valence-electron chi connectivity index (χ0n) is 20.0. The molecule has 1 aliphatic rings. The van der Waals surface area contributed by atoms with Gasteiger partial charge in [0.05, 0.1) is 14.2 Å². The van der Waals surface area contributed by atoms with E-state index in [-0.39, 0.29) is 29.9 Å². The predicted octanol–water partition coefficient (Wildman–Crippen LogP) is 4.25. The fourth-order valence-corrected chi connectivity index (χ4v) is 3.86. The van der Waals surface area contributed by atoms with Gasteiger partial charge in [-0.25, -0.2) is 0 Å². The summed E-state index contributed by atoms with van der Waals surface area (Å²) >= 11 is 0. The third-order valence-electron chi connectivity index (χ3n) is 5.74. The second kappa shape index (κ2) is 16.0. The minimum atomic E-state index is 0. The van der Waals surface area contributed by atoms with E-state index in [0.29, 0.717) is 37.6 Å². The molecule has 0 aromatic heterocycles. The van der Waals surface area contributed by atoms with Crippen molar-refractivity contribution in [2.45, 2.75) is 71.3 Å². The van der Waals surface area contributed by atoms with Gasteiger partial charge in [0.1, 0.15) is 0 Å². The number of ether oxygens (including phenoxy) is 2. The fourth-order valence-electron chi connectivity index (χ4n) is 3.86. The molecule has 32 heavy (non-hydrogen) atoms. The molecule has 0 fully saturated rings. The van der Waals surface area contributed by atoms with Crippen molar-refractivity contribution in [2.24, 2.45) is 10.7 Å². The summed E-state index contributed by atoms with van der Waals surface area (Å²) in [5, 5.41) is 3.17. The van der Waals surface area contributed by atoms with Crippen molar-refractivity contribution in [3.8, 4) is 11.5 Å². The van der Waals surface area contributed by atoms with Gasteiger partial charge < -0.3 is 25.4 Å². The Morgan fingerprint density at radius 3 is 2.41 bits per heavy atom. The van der Waals surface area contributed by atoms with Crippen LogP contribution in [0.2, 0.25) is 0 Å². The molecule has 1 aromatic carbocycles. The molecule has 8 heteroatoms. The van der Waals surface area contributed by atoms with Gasteiger partial charge in [0.15, 0.2) is 17.5 Å². The van der Waals surface area contributed by atoms with Crippen molar-refractivity contribution in [1.29, 1.82) is 0 Å². The number of unbranched alkanes of at least 4 members (excludes halogenated alkanes) is 5. The van der Waals surface area contributed by atoms with E-state index in [1.165, 1.54) is 37.7 Å². The molecule has 1 aliphatic heterocycles. The number of nitrogens with one attached hydrogen (secondary N) is 1. The highest BCUT2D eigenvalue weighted by Crippen LogP contribution is 2.33. The molecule has 0 unspecified atom stereocenters. The lowest BCUT2D eigenvalue weighted by Crippen LogP contribution is -2.36. The number of nitrogens with zero attached hydrogens (tertiary/aromatic N) is 2. The molecule has 3 N–H and O–H groups in total.